The molecule has 2 N–H and O–H groups in total. The molecular weight excluding hydrogens is 264 g/mol. The maximum absolute atomic E-state index is 6.08. The van der Waals surface area contributed by atoms with Crippen molar-refractivity contribution in [3.05, 3.63) is 23.8 Å². The van der Waals surface area contributed by atoms with E-state index >= 15 is 0 Å². The molecule has 118 valence electrons. The summed E-state index contributed by atoms with van der Waals surface area (Å²) in [6.45, 7) is 9.87. The van der Waals surface area contributed by atoms with Crippen LogP contribution in [0.4, 0.5) is 0 Å². The molecule has 0 aliphatic carbocycles. The highest BCUT2D eigenvalue weighted by molar-refractivity contribution is 5.44. The lowest BCUT2D eigenvalue weighted by Crippen LogP contribution is -2.52. The van der Waals surface area contributed by atoms with Crippen LogP contribution in [0.25, 0.3) is 0 Å². The quantitative estimate of drug-likeness (QED) is 0.800. The molecule has 1 aliphatic heterocycles. The van der Waals surface area contributed by atoms with Gasteiger partial charge in [-0.15, -0.1) is 0 Å². The van der Waals surface area contributed by atoms with Crippen LogP contribution in [-0.4, -0.2) is 36.9 Å². The maximum Gasteiger partial charge on any atom is 0.231 e. The van der Waals surface area contributed by atoms with Crippen LogP contribution in [0.5, 0.6) is 11.5 Å². The van der Waals surface area contributed by atoms with E-state index in [9.17, 15) is 0 Å². The van der Waals surface area contributed by atoms with E-state index in [0.29, 0.717) is 13.3 Å². The zero-order chi connectivity index (χ0) is 15.3. The maximum atomic E-state index is 6.08. The molecule has 2 rings (SSSR count). The Bertz CT molecular complexity index is 464. The van der Waals surface area contributed by atoms with Gasteiger partial charge in [-0.3, -0.25) is 4.90 Å². The van der Waals surface area contributed by atoms with Gasteiger partial charge in [0.05, 0.1) is 0 Å². The molecule has 0 aromatic heterocycles. The van der Waals surface area contributed by atoms with Gasteiger partial charge in [0, 0.05) is 12.1 Å². The Morgan fingerprint density at radius 3 is 2.67 bits per heavy atom. The molecule has 1 aliphatic rings. The van der Waals surface area contributed by atoms with Gasteiger partial charge >= 0.3 is 0 Å². The topological polar surface area (TPSA) is 47.7 Å². The molecule has 1 unspecified atom stereocenters. The molecule has 1 heterocycles. The van der Waals surface area contributed by atoms with Crippen molar-refractivity contribution in [1.82, 2.24) is 4.90 Å². The van der Waals surface area contributed by atoms with Gasteiger partial charge in [-0.25, -0.2) is 0 Å². The number of benzene rings is 1. The molecule has 0 saturated heterocycles. The van der Waals surface area contributed by atoms with Gasteiger partial charge < -0.3 is 15.2 Å². The Balaban J connectivity index is 2.02. The van der Waals surface area contributed by atoms with E-state index in [4.69, 9.17) is 15.2 Å². The van der Waals surface area contributed by atoms with Crippen molar-refractivity contribution in [2.45, 2.75) is 45.6 Å². The number of rotatable bonds is 8. The predicted molar refractivity (Wildman–Crippen MR) is 85.9 cm³/mol. The summed E-state index contributed by atoms with van der Waals surface area (Å²) in [5, 5.41) is 0. The molecule has 1 aromatic carbocycles. The fraction of sp³-hybridized carbons (Fsp3) is 0.647. The lowest BCUT2D eigenvalue weighted by molar-refractivity contribution is 0.108. The monoisotopic (exact) mass is 292 g/mol. The SMILES string of the molecule is CCCN(CC)C(C)(CN)CCc1ccc2c(c1)OCO2. The van der Waals surface area contributed by atoms with Gasteiger partial charge in [-0.1, -0.05) is 19.9 Å². The van der Waals surface area contributed by atoms with Gasteiger partial charge in [0.15, 0.2) is 11.5 Å². The molecule has 4 heteroatoms. The minimum atomic E-state index is 0.0567. The van der Waals surface area contributed by atoms with E-state index in [1.807, 2.05) is 6.07 Å². The molecule has 21 heavy (non-hydrogen) atoms. The van der Waals surface area contributed by atoms with Crippen molar-refractivity contribution in [2.75, 3.05) is 26.4 Å². The Morgan fingerprint density at radius 2 is 2.00 bits per heavy atom. The molecule has 0 fully saturated rings. The molecule has 0 radical (unpaired) electrons. The third-order valence-corrected chi connectivity index (χ3v) is 4.47. The summed E-state index contributed by atoms with van der Waals surface area (Å²) in [4.78, 5) is 2.50. The number of fused-ring (bicyclic) bond motifs is 1. The first-order valence-corrected chi connectivity index (χ1v) is 7.96. The van der Waals surface area contributed by atoms with E-state index in [1.165, 1.54) is 5.56 Å². The normalized spacial score (nSPS) is 16.2. The Kier molecular flexibility index (Phi) is 5.48. The first kappa shape index (κ1) is 16.1. The number of aryl methyl sites for hydroxylation is 1. The van der Waals surface area contributed by atoms with Crippen LogP contribution in [-0.2, 0) is 6.42 Å². The standard InChI is InChI=1S/C17H28N2O2/c1-4-10-19(5-2)17(3,12-18)9-8-14-6-7-15-16(11-14)21-13-20-15/h6-7,11H,4-5,8-10,12-13,18H2,1-3H3. The van der Waals surface area contributed by atoms with Crippen molar-refractivity contribution >= 4 is 0 Å². The van der Waals surface area contributed by atoms with Crippen LogP contribution in [0.1, 0.15) is 39.2 Å². The molecule has 0 bridgehead atoms. The highest BCUT2D eigenvalue weighted by Gasteiger charge is 2.28. The van der Waals surface area contributed by atoms with E-state index in [-0.39, 0.29) is 5.54 Å². The third kappa shape index (κ3) is 3.69. The first-order valence-electron chi connectivity index (χ1n) is 7.96. The summed E-state index contributed by atoms with van der Waals surface area (Å²) in [5.41, 5.74) is 7.42. The van der Waals surface area contributed by atoms with Crippen molar-refractivity contribution in [3.8, 4) is 11.5 Å². The summed E-state index contributed by atoms with van der Waals surface area (Å²) in [6, 6.07) is 6.22. The van der Waals surface area contributed by atoms with E-state index in [2.05, 4.69) is 37.8 Å². The van der Waals surface area contributed by atoms with Crippen molar-refractivity contribution in [3.63, 3.8) is 0 Å². The largest absolute Gasteiger partial charge is 0.454 e. The summed E-state index contributed by atoms with van der Waals surface area (Å²) in [6.07, 6.45) is 3.22. The van der Waals surface area contributed by atoms with Crippen LogP contribution in [0.3, 0.4) is 0 Å². The molecule has 0 spiro atoms. The molecule has 1 atom stereocenters. The predicted octanol–water partition coefficient (Wildman–Crippen LogP) is 2.80. The number of hydrogen-bond acceptors (Lipinski definition) is 4. The van der Waals surface area contributed by atoms with Crippen molar-refractivity contribution in [1.29, 1.82) is 0 Å². The minimum absolute atomic E-state index is 0.0567. The Hall–Kier alpha value is -1.26. The summed E-state index contributed by atoms with van der Waals surface area (Å²) in [7, 11) is 0. The lowest BCUT2D eigenvalue weighted by atomic mass is 9.91. The Morgan fingerprint density at radius 1 is 1.24 bits per heavy atom. The molecule has 0 saturated carbocycles. The van der Waals surface area contributed by atoms with Crippen LogP contribution in [0.2, 0.25) is 0 Å². The van der Waals surface area contributed by atoms with Gasteiger partial charge in [-0.05, 0) is 57.0 Å². The second-order valence-electron chi connectivity index (χ2n) is 5.97. The number of nitrogens with two attached hydrogens (primary N) is 1. The van der Waals surface area contributed by atoms with Crippen molar-refractivity contribution < 1.29 is 9.47 Å². The second kappa shape index (κ2) is 7.14. The molecule has 1 aromatic rings. The average Bonchev–Trinajstić information content (AvgIpc) is 2.97. The Labute approximate surface area is 128 Å². The van der Waals surface area contributed by atoms with E-state index < -0.39 is 0 Å². The first-order chi connectivity index (χ1) is 10.1. The summed E-state index contributed by atoms with van der Waals surface area (Å²) < 4.78 is 10.8. The van der Waals surface area contributed by atoms with Crippen LogP contribution in [0, 0.1) is 0 Å². The fourth-order valence-corrected chi connectivity index (χ4v) is 2.98. The van der Waals surface area contributed by atoms with Crippen molar-refractivity contribution in [2.24, 2.45) is 5.73 Å². The highest BCUT2D eigenvalue weighted by atomic mass is 16.7. The number of nitrogens with zero attached hydrogens (tertiary/aromatic N) is 1. The van der Waals surface area contributed by atoms with Gasteiger partial charge in [0.25, 0.3) is 0 Å². The number of likely N-dealkylation sites (N-methyl/N-ethyl adjacent to an activating group) is 1. The zero-order valence-corrected chi connectivity index (χ0v) is 13.5. The molecular formula is C17H28N2O2. The smallest absolute Gasteiger partial charge is 0.231 e. The minimum Gasteiger partial charge on any atom is -0.454 e. The number of ether oxygens (including phenoxy) is 2. The second-order valence-corrected chi connectivity index (χ2v) is 5.97. The summed E-state index contributed by atoms with van der Waals surface area (Å²) in [5.74, 6) is 1.71. The average molecular weight is 292 g/mol. The lowest BCUT2D eigenvalue weighted by Gasteiger charge is -2.40. The molecule has 4 nitrogen and oxygen atoms in total. The number of hydrogen-bond donors (Lipinski definition) is 1. The van der Waals surface area contributed by atoms with Crippen LogP contribution in [0.15, 0.2) is 18.2 Å². The summed E-state index contributed by atoms with van der Waals surface area (Å²) >= 11 is 0. The van der Waals surface area contributed by atoms with E-state index in [0.717, 1.165) is 43.9 Å². The third-order valence-electron chi connectivity index (χ3n) is 4.47. The highest BCUT2D eigenvalue weighted by Crippen LogP contribution is 2.33. The molecule has 0 amide bonds. The van der Waals surface area contributed by atoms with Gasteiger partial charge in [0.1, 0.15) is 0 Å². The zero-order valence-electron chi connectivity index (χ0n) is 13.5. The van der Waals surface area contributed by atoms with Gasteiger partial charge in [0.2, 0.25) is 6.79 Å². The van der Waals surface area contributed by atoms with Crippen LogP contribution < -0.4 is 15.2 Å². The van der Waals surface area contributed by atoms with E-state index in [1.54, 1.807) is 0 Å². The fourth-order valence-electron chi connectivity index (χ4n) is 2.98. The van der Waals surface area contributed by atoms with Gasteiger partial charge in [-0.2, -0.15) is 0 Å². The van der Waals surface area contributed by atoms with Crippen LogP contribution >= 0.6 is 0 Å².